The summed E-state index contributed by atoms with van der Waals surface area (Å²) < 4.78 is 5.90. The number of allylic oxidation sites excluding steroid dienone is 2. The van der Waals surface area contributed by atoms with E-state index in [1.165, 1.54) is 0 Å². The highest BCUT2D eigenvalue weighted by Crippen LogP contribution is 2.47. The summed E-state index contributed by atoms with van der Waals surface area (Å²) in [5, 5.41) is 7.61. The van der Waals surface area contributed by atoms with Crippen molar-refractivity contribution in [3.63, 3.8) is 0 Å². The quantitative estimate of drug-likeness (QED) is 0.812. The first-order chi connectivity index (χ1) is 13.7. The number of H-pyrrole nitrogens is 1. The van der Waals surface area contributed by atoms with Gasteiger partial charge in [0.2, 0.25) is 0 Å². The molecule has 4 rings (SSSR count). The number of methoxy groups -OCH3 is 1. The molecule has 0 saturated heterocycles. The molecule has 3 atom stereocenters. The molecule has 1 N–H and O–H groups in total. The minimum absolute atomic E-state index is 0.0708. The van der Waals surface area contributed by atoms with Gasteiger partial charge in [-0.25, -0.2) is 0 Å². The second-order valence-corrected chi connectivity index (χ2v) is 9.09. The first kappa shape index (κ1) is 19.6. The van der Waals surface area contributed by atoms with E-state index in [1.807, 2.05) is 36.1 Å². The summed E-state index contributed by atoms with van der Waals surface area (Å²) in [4.78, 5) is 15.4. The van der Waals surface area contributed by atoms with E-state index in [4.69, 9.17) is 4.74 Å². The van der Waals surface area contributed by atoms with Crippen LogP contribution in [0.3, 0.4) is 0 Å². The number of fused-ring (bicyclic) bond motifs is 1. The maximum Gasteiger partial charge on any atom is 0.279 e. The van der Waals surface area contributed by atoms with Gasteiger partial charge in [-0.3, -0.25) is 14.8 Å². The summed E-state index contributed by atoms with van der Waals surface area (Å²) in [7, 11) is 1.74. The molecule has 1 aliphatic heterocycles. The van der Waals surface area contributed by atoms with E-state index in [-0.39, 0.29) is 29.4 Å². The normalized spacial score (nSPS) is 24.1. The highest BCUT2D eigenvalue weighted by molar-refractivity contribution is 6.10. The van der Waals surface area contributed by atoms with Crippen molar-refractivity contribution >= 4 is 11.6 Å². The van der Waals surface area contributed by atoms with Crippen LogP contribution in [0, 0.1) is 12.8 Å². The Hall–Kier alpha value is -2.66. The number of amides is 1. The van der Waals surface area contributed by atoms with Crippen LogP contribution in [-0.2, 0) is 10.2 Å². The van der Waals surface area contributed by atoms with Gasteiger partial charge in [-0.05, 0) is 24.6 Å². The third-order valence-corrected chi connectivity index (χ3v) is 5.90. The maximum absolute atomic E-state index is 13.5. The molecule has 0 bridgehead atoms. The number of nitrogens with one attached hydrogen (secondary N) is 1. The third kappa shape index (κ3) is 3.14. The van der Waals surface area contributed by atoms with Crippen LogP contribution in [0.1, 0.15) is 61.0 Å². The lowest BCUT2D eigenvalue weighted by Gasteiger charge is -2.35. The fraction of sp³-hybridized carbons (Fsp3) is 0.417. The number of hydrogen-bond donors (Lipinski definition) is 1. The monoisotopic (exact) mass is 391 g/mol. The van der Waals surface area contributed by atoms with Gasteiger partial charge in [-0.1, -0.05) is 63.6 Å². The van der Waals surface area contributed by atoms with Gasteiger partial charge in [0.05, 0.1) is 12.1 Å². The van der Waals surface area contributed by atoms with Gasteiger partial charge >= 0.3 is 0 Å². The SMILES string of the molecule is COC1C(C2c3c(n[nH]c3C(C)(C)C)C(=O)N2c2ccc(C)cc2)=CC=CC1C. The summed E-state index contributed by atoms with van der Waals surface area (Å²) in [6.07, 6.45) is 6.22. The molecule has 1 aromatic carbocycles. The van der Waals surface area contributed by atoms with Crippen molar-refractivity contribution < 1.29 is 9.53 Å². The number of anilines is 1. The summed E-state index contributed by atoms with van der Waals surface area (Å²) in [6.45, 7) is 10.6. The summed E-state index contributed by atoms with van der Waals surface area (Å²) in [5.41, 5.74) is 5.44. The van der Waals surface area contributed by atoms with Crippen molar-refractivity contribution in [3.8, 4) is 0 Å². The molecule has 0 spiro atoms. The Morgan fingerprint density at radius 2 is 1.86 bits per heavy atom. The molecule has 5 heteroatoms. The summed E-state index contributed by atoms with van der Waals surface area (Å²) >= 11 is 0. The van der Waals surface area contributed by atoms with Crippen LogP contribution in [0.15, 0.2) is 48.1 Å². The Labute approximate surface area is 172 Å². The number of aromatic amines is 1. The number of benzene rings is 1. The maximum atomic E-state index is 13.5. The second-order valence-electron chi connectivity index (χ2n) is 9.09. The van der Waals surface area contributed by atoms with Gasteiger partial charge in [-0.2, -0.15) is 5.10 Å². The fourth-order valence-electron chi connectivity index (χ4n) is 4.44. The van der Waals surface area contributed by atoms with Gasteiger partial charge in [0.1, 0.15) is 0 Å². The molecule has 1 aromatic heterocycles. The molecule has 29 heavy (non-hydrogen) atoms. The minimum atomic E-state index is -0.245. The lowest BCUT2D eigenvalue weighted by Crippen LogP contribution is -2.36. The van der Waals surface area contributed by atoms with Gasteiger partial charge < -0.3 is 4.74 Å². The standard InChI is InChI=1S/C24H29N3O2/c1-14-10-12-16(13-11-14)27-20(17-9-7-8-15(2)21(17)29-6)18-19(23(27)28)25-26-22(18)24(3,4)5/h7-13,15,20-21H,1-6H3,(H,25,26). The number of carbonyl (C=O) groups is 1. The van der Waals surface area contributed by atoms with E-state index in [2.05, 4.69) is 56.1 Å². The van der Waals surface area contributed by atoms with Crippen molar-refractivity contribution in [2.24, 2.45) is 5.92 Å². The first-order valence-corrected chi connectivity index (χ1v) is 10.1. The average Bonchev–Trinajstić information content (AvgIpc) is 3.21. The van der Waals surface area contributed by atoms with E-state index in [0.717, 1.165) is 28.1 Å². The van der Waals surface area contributed by atoms with Crippen LogP contribution in [-0.4, -0.2) is 29.3 Å². The lowest BCUT2D eigenvalue weighted by molar-refractivity contribution is 0.0927. The summed E-state index contributed by atoms with van der Waals surface area (Å²) in [6, 6.07) is 7.86. The number of carbonyl (C=O) groups excluding carboxylic acids is 1. The molecular formula is C24H29N3O2. The third-order valence-electron chi connectivity index (χ3n) is 5.90. The molecular weight excluding hydrogens is 362 g/mol. The van der Waals surface area contributed by atoms with Crippen molar-refractivity contribution in [1.29, 1.82) is 0 Å². The van der Waals surface area contributed by atoms with Gasteiger partial charge in [0.25, 0.3) is 5.91 Å². The van der Waals surface area contributed by atoms with Crippen LogP contribution < -0.4 is 4.90 Å². The molecule has 0 saturated carbocycles. The van der Waals surface area contributed by atoms with Crippen LogP contribution in [0.4, 0.5) is 5.69 Å². The van der Waals surface area contributed by atoms with Gasteiger partial charge in [-0.15, -0.1) is 0 Å². The fourth-order valence-corrected chi connectivity index (χ4v) is 4.44. The smallest absolute Gasteiger partial charge is 0.279 e. The Morgan fingerprint density at radius 1 is 1.17 bits per heavy atom. The average molecular weight is 392 g/mol. The minimum Gasteiger partial charge on any atom is -0.376 e. The number of nitrogens with zero attached hydrogens (tertiary/aromatic N) is 2. The van der Waals surface area contributed by atoms with Crippen molar-refractivity contribution in [2.45, 2.75) is 52.2 Å². The van der Waals surface area contributed by atoms with Crippen molar-refractivity contribution in [2.75, 3.05) is 12.0 Å². The van der Waals surface area contributed by atoms with Gasteiger partial charge in [0, 0.05) is 35.4 Å². The highest BCUT2D eigenvalue weighted by atomic mass is 16.5. The molecule has 5 nitrogen and oxygen atoms in total. The van der Waals surface area contributed by atoms with Crippen molar-refractivity contribution in [3.05, 3.63) is 70.6 Å². The van der Waals surface area contributed by atoms with Crippen LogP contribution in [0.5, 0.6) is 0 Å². The van der Waals surface area contributed by atoms with E-state index in [9.17, 15) is 4.79 Å². The van der Waals surface area contributed by atoms with Crippen LogP contribution >= 0.6 is 0 Å². The molecule has 3 unspecified atom stereocenters. The zero-order chi connectivity index (χ0) is 20.9. The molecule has 1 amide bonds. The Balaban J connectivity index is 1.93. The molecule has 152 valence electrons. The largest absolute Gasteiger partial charge is 0.376 e. The molecule has 0 fully saturated rings. The van der Waals surface area contributed by atoms with E-state index in [0.29, 0.717) is 5.69 Å². The number of hydrogen-bond acceptors (Lipinski definition) is 3. The Bertz CT molecular complexity index is 992. The molecule has 2 heterocycles. The zero-order valence-corrected chi connectivity index (χ0v) is 18.0. The molecule has 1 aliphatic carbocycles. The van der Waals surface area contributed by atoms with Crippen LogP contribution in [0.25, 0.3) is 0 Å². The Kier molecular flexibility index (Phi) is 4.74. The van der Waals surface area contributed by atoms with E-state index < -0.39 is 0 Å². The van der Waals surface area contributed by atoms with E-state index in [1.54, 1.807) is 7.11 Å². The Morgan fingerprint density at radius 3 is 2.48 bits per heavy atom. The van der Waals surface area contributed by atoms with Gasteiger partial charge in [0.15, 0.2) is 5.69 Å². The number of ether oxygens (including phenoxy) is 1. The summed E-state index contributed by atoms with van der Waals surface area (Å²) in [5.74, 6) is 0.155. The highest BCUT2D eigenvalue weighted by Gasteiger charge is 2.47. The lowest BCUT2D eigenvalue weighted by atomic mass is 9.81. The molecule has 0 radical (unpaired) electrons. The topological polar surface area (TPSA) is 58.2 Å². The predicted octanol–water partition coefficient (Wildman–Crippen LogP) is 4.86. The number of rotatable bonds is 3. The second kappa shape index (κ2) is 6.99. The molecule has 2 aliphatic rings. The first-order valence-electron chi connectivity index (χ1n) is 10.1. The number of aromatic nitrogens is 2. The predicted molar refractivity (Wildman–Crippen MR) is 115 cm³/mol. The van der Waals surface area contributed by atoms with Crippen molar-refractivity contribution in [1.82, 2.24) is 10.2 Å². The number of aryl methyl sites for hydroxylation is 1. The van der Waals surface area contributed by atoms with E-state index >= 15 is 0 Å². The zero-order valence-electron chi connectivity index (χ0n) is 18.0. The molecule has 2 aromatic rings. The van der Waals surface area contributed by atoms with Crippen LogP contribution in [0.2, 0.25) is 0 Å².